The molecule has 0 radical (unpaired) electrons. The largest absolute Gasteiger partial charge is 0.504 e. The second kappa shape index (κ2) is 11.4. The van der Waals surface area contributed by atoms with Crippen LogP contribution in [0.25, 0.3) is 6.08 Å². The molecule has 0 aliphatic carbocycles. The Hall–Kier alpha value is -1.76. The number of hydrogen-bond donors (Lipinski definition) is 6. The van der Waals surface area contributed by atoms with Crippen LogP contribution in [-0.2, 0) is 14.2 Å². The number of phenolic OH excluding ortho intramolecular Hbond substituents is 1. The van der Waals surface area contributed by atoms with Gasteiger partial charge in [-0.1, -0.05) is 18.2 Å². The van der Waals surface area contributed by atoms with E-state index in [-0.39, 0.29) is 25.6 Å². The van der Waals surface area contributed by atoms with Crippen LogP contribution in [0.3, 0.4) is 0 Å². The molecular formula is C19H28O10. The maximum absolute atomic E-state index is 9.93. The van der Waals surface area contributed by atoms with Crippen molar-refractivity contribution in [2.24, 2.45) is 0 Å². The van der Waals surface area contributed by atoms with Gasteiger partial charge in [-0.25, -0.2) is 0 Å². The highest BCUT2D eigenvalue weighted by molar-refractivity contribution is 5.55. The minimum absolute atomic E-state index is 0.0339. The first-order chi connectivity index (χ1) is 13.9. The molecule has 1 saturated heterocycles. The lowest BCUT2D eigenvalue weighted by Crippen LogP contribution is -2.59. The van der Waals surface area contributed by atoms with E-state index in [2.05, 4.69) is 0 Å². The fraction of sp³-hybridized carbons (Fsp3) is 0.579. The van der Waals surface area contributed by atoms with Crippen molar-refractivity contribution in [2.75, 3.05) is 33.5 Å². The van der Waals surface area contributed by atoms with Gasteiger partial charge >= 0.3 is 0 Å². The molecule has 6 N–H and O–H groups in total. The molecular weight excluding hydrogens is 388 g/mol. The molecule has 1 aromatic carbocycles. The molecule has 1 heterocycles. The lowest BCUT2D eigenvalue weighted by atomic mass is 9.99. The molecule has 1 aliphatic heterocycles. The van der Waals surface area contributed by atoms with Crippen LogP contribution in [0.15, 0.2) is 24.3 Å². The number of phenols is 1. The van der Waals surface area contributed by atoms with Crippen molar-refractivity contribution in [1.82, 2.24) is 0 Å². The van der Waals surface area contributed by atoms with Gasteiger partial charge in [0.15, 0.2) is 17.8 Å². The summed E-state index contributed by atoms with van der Waals surface area (Å²) in [5, 5.41) is 57.6. The highest BCUT2D eigenvalue weighted by atomic mass is 16.7. The molecule has 2 rings (SSSR count). The van der Waals surface area contributed by atoms with Crippen molar-refractivity contribution in [2.45, 2.75) is 36.8 Å². The first-order valence-corrected chi connectivity index (χ1v) is 9.09. The van der Waals surface area contributed by atoms with Gasteiger partial charge in [0.1, 0.15) is 30.5 Å². The molecule has 6 atom stereocenters. The quantitative estimate of drug-likeness (QED) is 0.268. The van der Waals surface area contributed by atoms with Gasteiger partial charge in [-0.05, 0) is 17.7 Å². The molecule has 1 aliphatic rings. The van der Waals surface area contributed by atoms with E-state index in [1.54, 1.807) is 24.3 Å². The average Bonchev–Trinajstić information content (AvgIpc) is 2.73. The van der Waals surface area contributed by atoms with E-state index >= 15 is 0 Å². The maximum atomic E-state index is 9.93. The third-order valence-corrected chi connectivity index (χ3v) is 4.44. The van der Waals surface area contributed by atoms with E-state index < -0.39 is 43.4 Å². The predicted molar refractivity (Wildman–Crippen MR) is 100 cm³/mol. The number of hydrogen-bond acceptors (Lipinski definition) is 10. The van der Waals surface area contributed by atoms with Crippen LogP contribution < -0.4 is 4.74 Å². The number of rotatable bonds is 10. The van der Waals surface area contributed by atoms with E-state index in [0.29, 0.717) is 5.75 Å². The summed E-state index contributed by atoms with van der Waals surface area (Å²) in [6, 6.07) is 4.85. The zero-order valence-corrected chi connectivity index (χ0v) is 16.0. The summed E-state index contributed by atoms with van der Waals surface area (Å²) >= 11 is 0. The molecule has 1 fully saturated rings. The number of aliphatic hydroxyl groups is 5. The normalized spacial score (nSPS) is 28.6. The third kappa shape index (κ3) is 6.36. The highest BCUT2D eigenvalue weighted by Gasteiger charge is 2.44. The molecule has 0 aromatic heterocycles. The monoisotopic (exact) mass is 416 g/mol. The zero-order chi connectivity index (χ0) is 21.4. The van der Waals surface area contributed by atoms with Crippen LogP contribution in [0.1, 0.15) is 5.56 Å². The molecule has 1 aromatic rings. The summed E-state index contributed by atoms with van der Waals surface area (Å²) in [5.41, 5.74) is 0.779. The Labute approximate surface area is 168 Å². The van der Waals surface area contributed by atoms with Crippen LogP contribution in [0, 0.1) is 0 Å². The van der Waals surface area contributed by atoms with Gasteiger partial charge in [-0.3, -0.25) is 0 Å². The minimum Gasteiger partial charge on any atom is -0.504 e. The zero-order valence-electron chi connectivity index (χ0n) is 16.0. The van der Waals surface area contributed by atoms with E-state index in [4.69, 9.17) is 24.1 Å². The number of aromatic hydroxyl groups is 1. The molecule has 0 unspecified atom stereocenters. The summed E-state index contributed by atoms with van der Waals surface area (Å²) < 4.78 is 21.1. The Morgan fingerprint density at radius 3 is 2.55 bits per heavy atom. The van der Waals surface area contributed by atoms with E-state index in [1.807, 2.05) is 0 Å². The summed E-state index contributed by atoms with van der Waals surface area (Å²) in [5.74, 6) is 0.376. The maximum Gasteiger partial charge on any atom is 0.186 e. The van der Waals surface area contributed by atoms with Crippen molar-refractivity contribution in [1.29, 1.82) is 0 Å². The Balaban J connectivity index is 1.81. The van der Waals surface area contributed by atoms with Crippen LogP contribution in [-0.4, -0.2) is 101 Å². The van der Waals surface area contributed by atoms with Gasteiger partial charge in [0.2, 0.25) is 0 Å². The van der Waals surface area contributed by atoms with Gasteiger partial charge in [0, 0.05) is 0 Å². The third-order valence-electron chi connectivity index (χ3n) is 4.44. The Bertz CT molecular complexity index is 650. The van der Waals surface area contributed by atoms with Gasteiger partial charge in [0.05, 0.1) is 33.5 Å². The molecule has 29 heavy (non-hydrogen) atoms. The number of methoxy groups -OCH3 is 1. The van der Waals surface area contributed by atoms with E-state index in [1.165, 1.54) is 13.2 Å². The highest BCUT2D eigenvalue weighted by Crippen LogP contribution is 2.26. The van der Waals surface area contributed by atoms with E-state index in [9.17, 15) is 25.5 Å². The van der Waals surface area contributed by atoms with Crippen LogP contribution in [0.4, 0.5) is 0 Å². The van der Waals surface area contributed by atoms with E-state index in [0.717, 1.165) is 5.56 Å². The first kappa shape index (κ1) is 23.5. The summed E-state index contributed by atoms with van der Waals surface area (Å²) in [4.78, 5) is 0. The topological polar surface area (TPSA) is 158 Å². The molecule has 0 bridgehead atoms. The number of benzene rings is 1. The lowest BCUT2D eigenvalue weighted by molar-refractivity contribution is -0.305. The van der Waals surface area contributed by atoms with Crippen molar-refractivity contribution in [3.05, 3.63) is 29.8 Å². The average molecular weight is 416 g/mol. The van der Waals surface area contributed by atoms with Crippen molar-refractivity contribution in [3.8, 4) is 11.5 Å². The second-order valence-corrected chi connectivity index (χ2v) is 6.50. The number of aliphatic hydroxyl groups excluding tert-OH is 5. The molecule has 10 heteroatoms. The van der Waals surface area contributed by atoms with Crippen LogP contribution in [0.5, 0.6) is 11.5 Å². The lowest BCUT2D eigenvalue weighted by Gasteiger charge is -2.39. The number of ether oxygens (including phenoxy) is 4. The predicted octanol–water partition coefficient (Wildman–Crippen LogP) is -1.39. The molecule has 0 spiro atoms. The summed E-state index contributed by atoms with van der Waals surface area (Å²) in [7, 11) is 1.45. The van der Waals surface area contributed by atoms with Gasteiger partial charge in [-0.2, -0.15) is 0 Å². The van der Waals surface area contributed by atoms with Crippen molar-refractivity contribution in [3.63, 3.8) is 0 Å². The Kier molecular flexibility index (Phi) is 9.27. The summed E-state index contributed by atoms with van der Waals surface area (Å²) in [6.45, 7) is -0.928. The van der Waals surface area contributed by atoms with Crippen molar-refractivity contribution >= 4 is 6.08 Å². The SMILES string of the molecule is COc1cc(C=CCO[C@@H](CO)CO[C@H]2O[C@H](CO)[C@@H](O)[C@H](O)[C@H]2O)ccc1O. The Morgan fingerprint density at radius 2 is 1.90 bits per heavy atom. The van der Waals surface area contributed by atoms with Crippen molar-refractivity contribution < 1.29 is 49.6 Å². The minimum atomic E-state index is -1.54. The second-order valence-electron chi connectivity index (χ2n) is 6.50. The smallest absolute Gasteiger partial charge is 0.186 e. The molecule has 164 valence electrons. The molecule has 0 amide bonds. The molecule has 0 saturated carbocycles. The van der Waals surface area contributed by atoms with Crippen LogP contribution >= 0.6 is 0 Å². The fourth-order valence-corrected chi connectivity index (χ4v) is 2.73. The van der Waals surface area contributed by atoms with Crippen LogP contribution in [0.2, 0.25) is 0 Å². The first-order valence-electron chi connectivity index (χ1n) is 9.09. The standard InChI is InChI=1S/C19H28O10/c1-26-14-7-11(4-5-13(14)22)3-2-6-27-12(8-20)10-28-19-18(25)17(24)16(23)15(9-21)29-19/h2-5,7,12,15-25H,6,8-10H2,1H3/t12-,15+,16+,17-,18+,19-/m0/s1. The fourth-order valence-electron chi connectivity index (χ4n) is 2.73. The van der Waals surface area contributed by atoms with Gasteiger partial charge < -0.3 is 49.6 Å². The molecule has 10 nitrogen and oxygen atoms in total. The van der Waals surface area contributed by atoms with Gasteiger partial charge in [0.25, 0.3) is 0 Å². The summed E-state index contributed by atoms with van der Waals surface area (Å²) in [6.07, 6.45) is -4.18. The Morgan fingerprint density at radius 1 is 1.14 bits per heavy atom. The van der Waals surface area contributed by atoms with Gasteiger partial charge in [-0.15, -0.1) is 0 Å².